The number of nitrogens with one attached hydrogen (secondary N) is 2. The van der Waals surface area contributed by atoms with Crippen molar-refractivity contribution >= 4 is 55.7 Å². The lowest BCUT2D eigenvalue weighted by molar-refractivity contribution is 0.602. The minimum Gasteiger partial charge on any atom is -0.357 e. The molecule has 0 aromatic heterocycles. The first-order valence-electron chi connectivity index (χ1n) is 8.44. The van der Waals surface area contributed by atoms with Crippen molar-refractivity contribution in [2.75, 3.05) is 19.3 Å². The Morgan fingerprint density at radius 2 is 1.59 bits per heavy atom. The summed E-state index contributed by atoms with van der Waals surface area (Å²) in [5, 5.41) is 6.54. The van der Waals surface area contributed by atoms with E-state index in [0.29, 0.717) is 18.0 Å². The lowest BCUT2D eigenvalue weighted by Gasteiger charge is -2.11. The van der Waals surface area contributed by atoms with E-state index in [1.165, 1.54) is 6.26 Å². The standard InChI is InChI=1S/C19H24BrN3O2S.HI/c1-3-21-19(23-14-16-4-8-17(20)9-5-16)22-13-12-15-6-10-18(11-7-15)26(2,24)25;/h4-11H,3,12-14H2,1-2H3,(H2,21,22,23);1H. The van der Waals surface area contributed by atoms with Crippen molar-refractivity contribution in [3.63, 3.8) is 0 Å². The molecular weight excluding hydrogens is 541 g/mol. The van der Waals surface area contributed by atoms with Crippen LogP contribution in [0.25, 0.3) is 0 Å². The van der Waals surface area contributed by atoms with Crippen LogP contribution < -0.4 is 10.6 Å². The first-order chi connectivity index (χ1) is 12.4. The molecule has 0 unspecified atom stereocenters. The average molecular weight is 566 g/mol. The van der Waals surface area contributed by atoms with Crippen LogP contribution in [0.2, 0.25) is 0 Å². The number of aliphatic imine (C=N–C) groups is 1. The fourth-order valence-electron chi connectivity index (χ4n) is 2.33. The third-order valence-corrected chi connectivity index (χ3v) is 5.39. The molecule has 0 spiro atoms. The van der Waals surface area contributed by atoms with Crippen molar-refractivity contribution in [1.82, 2.24) is 10.6 Å². The smallest absolute Gasteiger partial charge is 0.191 e. The molecule has 5 nitrogen and oxygen atoms in total. The van der Waals surface area contributed by atoms with Crippen LogP contribution in [-0.4, -0.2) is 33.7 Å². The molecule has 0 amide bonds. The fraction of sp³-hybridized carbons (Fsp3) is 0.316. The van der Waals surface area contributed by atoms with Crippen LogP contribution in [0.15, 0.2) is 62.9 Å². The number of sulfone groups is 1. The number of hydrogen-bond donors (Lipinski definition) is 2. The minimum absolute atomic E-state index is 0. The number of guanidine groups is 1. The van der Waals surface area contributed by atoms with Crippen molar-refractivity contribution in [3.05, 3.63) is 64.1 Å². The van der Waals surface area contributed by atoms with Crippen LogP contribution in [0.3, 0.4) is 0 Å². The number of nitrogens with zero attached hydrogens (tertiary/aromatic N) is 1. The van der Waals surface area contributed by atoms with Gasteiger partial charge in [0.15, 0.2) is 15.8 Å². The number of hydrogen-bond acceptors (Lipinski definition) is 3. The van der Waals surface area contributed by atoms with Gasteiger partial charge < -0.3 is 10.6 Å². The molecule has 8 heteroatoms. The Balaban J connectivity index is 0.00000364. The first-order valence-corrected chi connectivity index (χ1v) is 11.1. The lowest BCUT2D eigenvalue weighted by atomic mass is 10.1. The van der Waals surface area contributed by atoms with E-state index in [1.807, 2.05) is 43.3 Å². The summed E-state index contributed by atoms with van der Waals surface area (Å²) in [5.74, 6) is 0.767. The van der Waals surface area contributed by atoms with E-state index in [-0.39, 0.29) is 24.0 Å². The van der Waals surface area contributed by atoms with Crippen LogP contribution in [0.4, 0.5) is 0 Å². The monoisotopic (exact) mass is 565 g/mol. The molecule has 2 rings (SSSR count). The topological polar surface area (TPSA) is 70.6 Å². The van der Waals surface area contributed by atoms with Crippen molar-refractivity contribution in [1.29, 1.82) is 0 Å². The second-order valence-electron chi connectivity index (χ2n) is 5.91. The van der Waals surface area contributed by atoms with Gasteiger partial charge in [-0.25, -0.2) is 13.4 Å². The Labute approximate surface area is 187 Å². The lowest BCUT2D eigenvalue weighted by Crippen LogP contribution is -2.38. The largest absolute Gasteiger partial charge is 0.357 e. The molecule has 0 saturated carbocycles. The number of halogens is 2. The van der Waals surface area contributed by atoms with Gasteiger partial charge in [-0.2, -0.15) is 0 Å². The third kappa shape index (κ3) is 8.61. The molecule has 0 fully saturated rings. The van der Waals surface area contributed by atoms with Gasteiger partial charge in [0, 0.05) is 23.8 Å². The van der Waals surface area contributed by atoms with E-state index in [1.54, 1.807) is 12.1 Å². The summed E-state index contributed by atoms with van der Waals surface area (Å²) in [6.45, 7) is 4.13. The second kappa shape index (κ2) is 11.7. The Bertz CT molecular complexity index is 838. The summed E-state index contributed by atoms with van der Waals surface area (Å²) in [4.78, 5) is 4.94. The molecule has 0 aliphatic rings. The molecule has 0 heterocycles. The summed E-state index contributed by atoms with van der Waals surface area (Å²) in [6, 6.07) is 15.1. The van der Waals surface area contributed by atoms with Gasteiger partial charge in [-0.15, -0.1) is 24.0 Å². The first kappa shape index (κ1) is 23.9. The summed E-state index contributed by atoms with van der Waals surface area (Å²) in [6.07, 6.45) is 2.00. The van der Waals surface area contributed by atoms with Crippen LogP contribution in [0.5, 0.6) is 0 Å². The maximum absolute atomic E-state index is 11.5. The SMILES string of the molecule is CCNC(=NCc1ccc(Br)cc1)NCCc1ccc(S(C)(=O)=O)cc1.I. The van der Waals surface area contributed by atoms with Gasteiger partial charge >= 0.3 is 0 Å². The second-order valence-corrected chi connectivity index (χ2v) is 8.85. The summed E-state index contributed by atoms with van der Waals surface area (Å²) < 4.78 is 24.0. The highest BCUT2D eigenvalue weighted by Gasteiger charge is 2.06. The quantitative estimate of drug-likeness (QED) is 0.305. The Hall–Kier alpha value is -1.13. The van der Waals surface area contributed by atoms with E-state index in [9.17, 15) is 8.42 Å². The van der Waals surface area contributed by atoms with E-state index in [4.69, 9.17) is 0 Å². The van der Waals surface area contributed by atoms with Crippen LogP contribution in [0, 0.1) is 0 Å². The molecule has 0 atom stereocenters. The molecule has 0 bridgehead atoms. The average Bonchev–Trinajstić information content (AvgIpc) is 2.61. The molecule has 0 radical (unpaired) electrons. The molecule has 0 aliphatic heterocycles. The van der Waals surface area contributed by atoms with Gasteiger partial charge in [-0.3, -0.25) is 0 Å². The predicted molar refractivity (Wildman–Crippen MR) is 126 cm³/mol. The molecule has 148 valence electrons. The van der Waals surface area contributed by atoms with Crippen LogP contribution in [0.1, 0.15) is 18.1 Å². The van der Waals surface area contributed by atoms with E-state index >= 15 is 0 Å². The maximum atomic E-state index is 11.5. The van der Waals surface area contributed by atoms with Crippen LogP contribution in [-0.2, 0) is 22.8 Å². The van der Waals surface area contributed by atoms with Crippen molar-refractivity contribution in [3.8, 4) is 0 Å². The van der Waals surface area contributed by atoms with Gasteiger partial charge in [-0.1, -0.05) is 40.2 Å². The normalized spacial score (nSPS) is 11.6. The Kier molecular flexibility index (Phi) is 10.3. The van der Waals surface area contributed by atoms with Gasteiger partial charge in [-0.05, 0) is 48.7 Å². The van der Waals surface area contributed by atoms with E-state index in [2.05, 4.69) is 31.6 Å². The van der Waals surface area contributed by atoms with Crippen molar-refractivity contribution < 1.29 is 8.42 Å². The summed E-state index contributed by atoms with van der Waals surface area (Å²) >= 11 is 3.43. The van der Waals surface area contributed by atoms with E-state index in [0.717, 1.165) is 34.5 Å². The zero-order valence-electron chi connectivity index (χ0n) is 15.4. The molecule has 0 aliphatic carbocycles. The highest BCUT2D eigenvalue weighted by molar-refractivity contribution is 14.0. The zero-order valence-corrected chi connectivity index (χ0v) is 20.1. The third-order valence-electron chi connectivity index (χ3n) is 3.73. The van der Waals surface area contributed by atoms with Crippen molar-refractivity contribution in [2.45, 2.75) is 24.8 Å². The van der Waals surface area contributed by atoms with Gasteiger partial charge in [0.25, 0.3) is 0 Å². The van der Waals surface area contributed by atoms with Crippen molar-refractivity contribution in [2.24, 2.45) is 4.99 Å². The number of rotatable bonds is 7. The van der Waals surface area contributed by atoms with Crippen LogP contribution >= 0.6 is 39.9 Å². The zero-order chi connectivity index (χ0) is 19.0. The fourth-order valence-corrected chi connectivity index (χ4v) is 3.23. The van der Waals surface area contributed by atoms with E-state index < -0.39 is 9.84 Å². The Morgan fingerprint density at radius 1 is 1.00 bits per heavy atom. The van der Waals surface area contributed by atoms with Gasteiger partial charge in [0.1, 0.15) is 0 Å². The summed E-state index contributed by atoms with van der Waals surface area (Å²) in [5.41, 5.74) is 2.22. The number of benzene rings is 2. The highest BCUT2D eigenvalue weighted by atomic mass is 127. The molecule has 27 heavy (non-hydrogen) atoms. The molecule has 2 aromatic rings. The van der Waals surface area contributed by atoms with Gasteiger partial charge in [0.2, 0.25) is 0 Å². The molecular formula is C19H25BrIN3O2S. The predicted octanol–water partition coefficient (Wildman–Crippen LogP) is 3.77. The molecule has 2 N–H and O–H groups in total. The highest BCUT2D eigenvalue weighted by Crippen LogP contribution is 2.11. The maximum Gasteiger partial charge on any atom is 0.191 e. The molecule has 2 aromatic carbocycles. The Morgan fingerprint density at radius 3 is 2.15 bits per heavy atom. The summed E-state index contributed by atoms with van der Waals surface area (Å²) in [7, 11) is -3.15. The van der Waals surface area contributed by atoms with Gasteiger partial charge in [0.05, 0.1) is 11.4 Å². The minimum atomic E-state index is -3.15. The molecule has 0 saturated heterocycles.